The van der Waals surface area contributed by atoms with Gasteiger partial charge in [-0.2, -0.15) is 5.10 Å². The van der Waals surface area contributed by atoms with Crippen molar-refractivity contribution in [3.05, 3.63) is 41.1 Å². The molecule has 3 N–H and O–H groups in total. The third-order valence-electron chi connectivity index (χ3n) is 5.59. The fourth-order valence-electron chi connectivity index (χ4n) is 4.15. The maximum Gasteiger partial charge on any atom is 0.407 e. The number of aromatic nitrogens is 2. The number of aryl methyl sites for hydroxylation is 1. The van der Waals surface area contributed by atoms with Gasteiger partial charge in [0.15, 0.2) is 5.82 Å². The Balaban J connectivity index is 1.37. The smallest absolute Gasteiger partial charge is 0.407 e. The van der Waals surface area contributed by atoms with Gasteiger partial charge in [-0.25, -0.2) is 13.6 Å². The fraction of sp³-hybridized carbons (Fsp3) is 0.524. The summed E-state index contributed by atoms with van der Waals surface area (Å²) in [4.78, 5) is 11.8. The Hall–Kier alpha value is -2.64. The van der Waals surface area contributed by atoms with E-state index in [0.717, 1.165) is 25.0 Å². The van der Waals surface area contributed by atoms with E-state index < -0.39 is 5.92 Å². The van der Waals surface area contributed by atoms with E-state index in [4.69, 9.17) is 4.74 Å². The van der Waals surface area contributed by atoms with Crippen LogP contribution >= 0.6 is 0 Å². The molecule has 2 aliphatic carbocycles. The van der Waals surface area contributed by atoms with E-state index in [0.29, 0.717) is 23.5 Å². The van der Waals surface area contributed by atoms with Crippen molar-refractivity contribution in [3.63, 3.8) is 0 Å². The Bertz CT molecular complexity index is 897. The number of nitrogens with one attached hydrogen (secondary N) is 3. The van der Waals surface area contributed by atoms with E-state index in [1.165, 1.54) is 6.07 Å². The van der Waals surface area contributed by atoms with E-state index in [1.54, 1.807) is 12.1 Å². The lowest BCUT2D eigenvalue weighted by Gasteiger charge is -2.14. The van der Waals surface area contributed by atoms with Gasteiger partial charge in [0.05, 0.1) is 0 Å². The molecule has 1 saturated carbocycles. The topological polar surface area (TPSA) is 79.0 Å². The lowest BCUT2D eigenvalue weighted by molar-refractivity contribution is -0.00180. The van der Waals surface area contributed by atoms with Gasteiger partial charge in [-0.1, -0.05) is 6.07 Å². The first-order valence-electron chi connectivity index (χ1n) is 10.1. The van der Waals surface area contributed by atoms with Crippen LogP contribution in [0.3, 0.4) is 0 Å². The van der Waals surface area contributed by atoms with Crippen LogP contribution in [0.2, 0.25) is 0 Å². The monoisotopic (exact) mass is 404 g/mol. The number of anilines is 2. The molecule has 1 fully saturated rings. The molecule has 0 radical (unpaired) electrons. The minimum absolute atomic E-state index is 0.0418. The molecule has 1 amide bonds. The highest BCUT2D eigenvalue weighted by atomic mass is 19.3. The number of hydrogen-bond acceptors (Lipinski definition) is 4. The second-order valence-electron chi connectivity index (χ2n) is 8.25. The summed E-state index contributed by atoms with van der Waals surface area (Å²) >= 11 is 0. The van der Waals surface area contributed by atoms with Crippen molar-refractivity contribution in [2.75, 3.05) is 5.32 Å². The summed E-state index contributed by atoms with van der Waals surface area (Å²) in [5.41, 5.74) is 2.37. The number of fused-ring (bicyclic) bond motifs is 1. The third-order valence-corrected chi connectivity index (χ3v) is 5.59. The van der Waals surface area contributed by atoms with E-state index in [2.05, 4.69) is 20.8 Å². The summed E-state index contributed by atoms with van der Waals surface area (Å²) in [5.74, 6) is -1.95. The number of alkyl halides is 2. The Morgan fingerprint density at radius 3 is 2.93 bits per heavy atom. The molecular weight excluding hydrogens is 378 g/mol. The summed E-state index contributed by atoms with van der Waals surface area (Å²) < 4.78 is 33.4. The zero-order valence-electron chi connectivity index (χ0n) is 16.6. The fourth-order valence-corrected chi connectivity index (χ4v) is 4.15. The van der Waals surface area contributed by atoms with Gasteiger partial charge in [-0.3, -0.25) is 5.10 Å². The van der Waals surface area contributed by atoms with Gasteiger partial charge in [-0.05, 0) is 57.2 Å². The van der Waals surface area contributed by atoms with Crippen molar-refractivity contribution >= 4 is 17.6 Å². The van der Waals surface area contributed by atoms with Gasteiger partial charge in [0, 0.05) is 41.4 Å². The van der Waals surface area contributed by atoms with Gasteiger partial charge < -0.3 is 15.4 Å². The predicted molar refractivity (Wildman–Crippen MR) is 106 cm³/mol. The van der Waals surface area contributed by atoms with Gasteiger partial charge in [0.2, 0.25) is 0 Å². The van der Waals surface area contributed by atoms with Gasteiger partial charge >= 0.3 is 6.09 Å². The Morgan fingerprint density at radius 1 is 1.31 bits per heavy atom. The highest BCUT2D eigenvalue weighted by Crippen LogP contribution is 2.43. The standard InChI is InChI=1S/C21H26F2N4O2/c1-12(2)24-20(28)29-16-6-4-14(9-16)18-11-19(27-26-18)25-15-5-3-13-7-8-21(22,23)17(13)10-15/h3,5,10-12,14,16H,4,6-9H2,1-2H3,(H,24,28)(H2,25,26,27)/t14-,16+/m0/s1. The van der Waals surface area contributed by atoms with Crippen LogP contribution in [-0.2, 0) is 17.1 Å². The molecule has 0 bridgehead atoms. The number of halogens is 2. The van der Waals surface area contributed by atoms with Crippen LogP contribution in [0.25, 0.3) is 0 Å². The number of carbonyl (C=O) groups is 1. The normalized spacial score (nSPS) is 22.5. The van der Waals surface area contributed by atoms with Crippen LogP contribution in [0, 0.1) is 0 Å². The first kappa shape index (κ1) is 19.7. The lowest BCUT2D eigenvalue weighted by atomic mass is 10.0. The lowest BCUT2D eigenvalue weighted by Crippen LogP contribution is -2.33. The van der Waals surface area contributed by atoms with Crippen molar-refractivity contribution in [3.8, 4) is 0 Å². The van der Waals surface area contributed by atoms with Gasteiger partial charge in [0.25, 0.3) is 5.92 Å². The van der Waals surface area contributed by atoms with Crippen LogP contribution < -0.4 is 10.6 Å². The first-order chi connectivity index (χ1) is 13.8. The minimum atomic E-state index is -2.76. The molecule has 2 atom stereocenters. The zero-order valence-corrected chi connectivity index (χ0v) is 16.6. The molecule has 0 spiro atoms. The second-order valence-corrected chi connectivity index (χ2v) is 8.25. The van der Waals surface area contributed by atoms with Crippen LogP contribution in [0.4, 0.5) is 25.1 Å². The third kappa shape index (κ3) is 4.36. The summed E-state index contributed by atoms with van der Waals surface area (Å²) in [6.45, 7) is 3.78. The molecule has 0 aliphatic heterocycles. The number of aromatic amines is 1. The van der Waals surface area contributed by atoms with Crippen molar-refractivity contribution in [1.29, 1.82) is 0 Å². The van der Waals surface area contributed by atoms with E-state index in [-0.39, 0.29) is 36.1 Å². The van der Waals surface area contributed by atoms with Crippen molar-refractivity contribution in [2.24, 2.45) is 0 Å². The first-order valence-corrected chi connectivity index (χ1v) is 10.1. The molecule has 156 valence electrons. The average molecular weight is 404 g/mol. The molecule has 1 aromatic carbocycles. The molecule has 8 heteroatoms. The Morgan fingerprint density at radius 2 is 2.14 bits per heavy atom. The molecule has 2 aromatic rings. The highest BCUT2D eigenvalue weighted by molar-refractivity contribution is 5.67. The molecule has 1 aromatic heterocycles. The van der Waals surface area contributed by atoms with E-state index in [1.807, 2.05) is 19.9 Å². The number of benzene rings is 1. The molecule has 29 heavy (non-hydrogen) atoms. The Labute approximate surface area is 168 Å². The Kier molecular flexibility index (Phi) is 5.19. The summed E-state index contributed by atoms with van der Waals surface area (Å²) in [5, 5.41) is 13.1. The molecule has 6 nitrogen and oxygen atoms in total. The van der Waals surface area contributed by atoms with Crippen LogP contribution in [0.1, 0.15) is 62.3 Å². The molecule has 4 rings (SSSR count). The quantitative estimate of drug-likeness (QED) is 0.658. The number of H-pyrrole nitrogens is 1. The minimum Gasteiger partial charge on any atom is -0.446 e. The molecule has 1 heterocycles. The maximum atomic E-state index is 14.0. The van der Waals surface area contributed by atoms with E-state index in [9.17, 15) is 13.6 Å². The summed E-state index contributed by atoms with van der Waals surface area (Å²) in [7, 11) is 0. The highest BCUT2D eigenvalue weighted by Gasteiger charge is 2.39. The number of ether oxygens (including phenoxy) is 1. The largest absolute Gasteiger partial charge is 0.446 e. The van der Waals surface area contributed by atoms with Crippen molar-refractivity contribution in [1.82, 2.24) is 15.5 Å². The van der Waals surface area contributed by atoms with Gasteiger partial charge in [-0.15, -0.1) is 0 Å². The zero-order chi connectivity index (χ0) is 20.6. The predicted octanol–water partition coefficient (Wildman–Crippen LogP) is 4.96. The molecule has 2 aliphatic rings. The molecule has 0 saturated heterocycles. The summed E-state index contributed by atoms with van der Waals surface area (Å²) in [6.07, 6.45) is 2.22. The average Bonchev–Trinajstić information content (AvgIpc) is 3.35. The number of hydrogen-bond donors (Lipinski definition) is 3. The number of carbonyl (C=O) groups excluding carboxylic acids is 1. The number of amides is 1. The molecular formula is C21H26F2N4O2. The van der Waals surface area contributed by atoms with Crippen molar-refractivity contribution < 1.29 is 18.3 Å². The van der Waals surface area contributed by atoms with Crippen molar-refractivity contribution in [2.45, 2.75) is 69.9 Å². The number of alkyl carbamates (subject to hydrolysis) is 1. The molecule has 0 unspecified atom stereocenters. The number of nitrogens with zero attached hydrogens (tertiary/aromatic N) is 1. The van der Waals surface area contributed by atoms with Crippen LogP contribution in [0.15, 0.2) is 24.3 Å². The second kappa shape index (κ2) is 7.65. The van der Waals surface area contributed by atoms with E-state index >= 15 is 0 Å². The van der Waals surface area contributed by atoms with Crippen LogP contribution in [0.5, 0.6) is 0 Å². The summed E-state index contributed by atoms with van der Waals surface area (Å²) in [6, 6.07) is 7.02. The van der Waals surface area contributed by atoms with Crippen LogP contribution in [-0.4, -0.2) is 28.4 Å². The number of rotatable bonds is 5. The maximum absolute atomic E-state index is 14.0. The van der Waals surface area contributed by atoms with Gasteiger partial charge in [0.1, 0.15) is 6.10 Å². The SMILES string of the molecule is CC(C)NC(=O)O[C@@H]1CC[C@H](c2cc(Nc3ccc4c(c3)C(F)(F)CC4)n[nH]2)C1.